The van der Waals surface area contributed by atoms with Crippen LogP contribution in [0.2, 0.25) is 0 Å². The summed E-state index contributed by atoms with van der Waals surface area (Å²) in [5, 5.41) is 2.66. The maximum Gasteiger partial charge on any atom is 0.471 e. The number of amides is 2. The standard InChI is InChI=1S/C23H21F3N2O4/c1-2-28(22(30)23(24,25)26)14-16-7-6-8-18(13-16)27-21(29)20-17(11-12-31-20)15-32-19-9-4-3-5-10-19/h3-13H,2,14-15H2,1H3,(H,27,29). The number of alkyl halides is 3. The van der Waals surface area contributed by atoms with Gasteiger partial charge in [-0.3, -0.25) is 9.59 Å². The number of nitrogens with one attached hydrogen (secondary N) is 1. The van der Waals surface area contributed by atoms with Gasteiger partial charge in [0.1, 0.15) is 12.4 Å². The van der Waals surface area contributed by atoms with Crippen molar-refractivity contribution in [2.45, 2.75) is 26.3 Å². The topological polar surface area (TPSA) is 71.8 Å². The third-order valence-corrected chi connectivity index (χ3v) is 4.56. The Bertz CT molecular complexity index is 1060. The fraction of sp³-hybridized carbons (Fsp3) is 0.217. The SMILES string of the molecule is CCN(Cc1cccc(NC(=O)c2occc2COc2ccccc2)c1)C(=O)C(F)(F)F. The van der Waals surface area contributed by atoms with Crippen LogP contribution in [0.5, 0.6) is 5.75 Å². The second-order valence-electron chi connectivity index (χ2n) is 6.85. The lowest BCUT2D eigenvalue weighted by molar-refractivity contribution is -0.185. The number of hydrogen-bond donors (Lipinski definition) is 1. The van der Waals surface area contributed by atoms with Crippen molar-refractivity contribution in [3.63, 3.8) is 0 Å². The van der Waals surface area contributed by atoms with Gasteiger partial charge in [0.25, 0.3) is 5.91 Å². The van der Waals surface area contributed by atoms with Crippen LogP contribution in [0.1, 0.15) is 28.6 Å². The number of carbonyl (C=O) groups excluding carboxylic acids is 2. The monoisotopic (exact) mass is 446 g/mol. The molecule has 1 heterocycles. The molecule has 32 heavy (non-hydrogen) atoms. The van der Waals surface area contributed by atoms with Crippen molar-refractivity contribution in [3.8, 4) is 5.75 Å². The first-order valence-electron chi connectivity index (χ1n) is 9.78. The lowest BCUT2D eigenvalue weighted by atomic mass is 10.1. The van der Waals surface area contributed by atoms with Crippen molar-refractivity contribution in [2.24, 2.45) is 0 Å². The zero-order valence-electron chi connectivity index (χ0n) is 17.2. The summed E-state index contributed by atoms with van der Waals surface area (Å²) in [4.78, 5) is 24.9. The second-order valence-corrected chi connectivity index (χ2v) is 6.85. The molecular formula is C23H21F3N2O4. The van der Waals surface area contributed by atoms with E-state index in [1.165, 1.54) is 19.3 Å². The molecule has 168 valence electrons. The molecule has 0 fully saturated rings. The van der Waals surface area contributed by atoms with Crippen LogP contribution >= 0.6 is 0 Å². The number of ether oxygens (including phenoxy) is 1. The van der Waals surface area contributed by atoms with E-state index in [0.717, 1.165) is 0 Å². The van der Waals surface area contributed by atoms with E-state index in [-0.39, 0.29) is 25.5 Å². The van der Waals surface area contributed by atoms with Crippen molar-refractivity contribution >= 4 is 17.5 Å². The van der Waals surface area contributed by atoms with Gasteiger partial charge in [0.05, 0.1) is 6.26 Å². The molecule has 0 saturated carbocycles. The molecule has 0 bridgehead atoms. The molecule has 2 amide bonds. The molecule has 0 aliphatic heterocycles. The summed E-state index contributed by atoms with van der Waals surface area (Å²) in [6, 6.07) is 17.0. The zero-order valence-corrected chi connectivity index (χ0v) is 17.2. The summed E-state index contributed by atoms with van der Waals surface area (Å²) < 4.78 is 49.2. The molecule has 3 aromatic rings. The molecule has 3 rings (SSSR count). The van der Waals surface area contributed by atoms with Crippen LogP contribution < -0.4 is 10.1 Å². The summed E-state index contributed by atoms with van der Waals surface area (Å²) >= 11 is 0. The average Bonchev–Trinajstić information content (AvgIpc) is 3.25. The minimum atomic E-state index is -4.95. The minimum absolute atomic E-state index is 0.0637. The van der Waals surface area contributed by atoms with Gasteiger partial charge in [-0.05, 0) is 42.8 Å². The van der Waals surface area contributed by atoms with Crippen molar-refractivity contribution in [1.82, 2.24) is 4.90 Å². The van der Waals surface area contributed by atoms with Crippen LogP contribution in [-0.4, -0.2) is 29.4 Å². The predicted molar refractivity (Wildman–Crippen MR) is 111 cm³/mol. The lowest BCUT2D eigenvalue weighted by Crippen LogP contribution is -2.40. The van der Waals surface area contributed by atoms with E-state index in [0.29, 0.717) is 27.5 Å². The largest absolute Gasteiger partial charge is 0.489 e. The van der Waals surface area contributed by atoms with Crippen molar-refractivity contribution < 1.29 is 31.9 Å². The Kier molecular flexibility index (Phi) is 7.19. The van der Waals surface area contributed by atoms with Gasteiger partial charge in [-0.15, -0.1) is 0 Å². The van der Waals surface area contributed by atoms with Gasteiger partial charge in [-0.1, -0.05) is 30.3 Å². The number of anilines is 1. The van der Waals surface area contributed by atoms with E-state index in [1.807, 2.05) is 18.2 Å². The highest BCUT2D eigenvalue weighted by atomic mass is 19.4. The molecule has 1 N–H and O–H groups in total. The van der Waals surface area contributed by atoms with Gasteiger partial charge in [0, 0.05) is 24.3 Å². The Morgan fingerprint density at radius 3 is 2.50 bits per heavy atom. The fourth-order valence-electron chi connectivity index (χ4n) is 2.99. The molecule has 0 saturated heterocycles. The average molecular weight is 446 g/mol. The molecule has 9 heteroatoms. The van der Waals surface area contributed by atoms with Crippen LogP contribution in [0.3, 0.4) is 0 Å². The Hall–Kier alpha value is -3.75. The molecule has 0 radical (unpaired) electrons. The number of nitrogens with zero attached hydrogens (tertiary/aromatic N) is 1. The van der Waals surface area contributed by atoms with Crippen LogP contribution in [0.4, 0.5) is 18.9 Å². The van der Waals surface area contributed by atoms with E-state index >= 15 is 0 Å². The number of hydrogen-bond acceptors (Lipinski definition) is 4. The Morgan fingerprint density at radius 2 is 1.81 bits per heavy atom. The normalized spacial score (nSPS) is 11.1. The maximum absolute atomic E-state index is 12.7. The smallest absolute Gasteiger partial charge is 0.471 e. The summed E-state index contributed by atoms with van der Waals surface area (Å²) in [5.41, 5.74) is 1.33. The second kappa shape index (κ2) is 10.0. The Labute approximate surface area is 182 Å². The Balaban J connectivity index is 1.66. The van der Waals surface area contributed by atoms with Gasteiger partial charge in [-0.2, -0.15) is 13.2 Å². The molecule has 2 aromatic carbocycles. The number of rotatable bonds is 8. The summed E-state index contributed by atoms with van der Waals surface area (Å²) in [7, 11) is 0. The van der Waals surface area contributed by atoms with Crippen LogP contribution in [0, 0.1) is 0 Å². The molecule has 0 spiro atoms. The number of benzene rings is 2. The third kappa shape index (κ3) is 5.90. The van der Waals surface area contributed by atoms with Gasteiger partial charge in [0.15, 0.2) is 5.76 Å². The van der Waals surface area contributed by atoms with Gasteiger partial charge < -0.3 is 19.4 Å². The summed E-state index contributed by atoms with van der Waals surface area (Å²) in [6.07, 6.45) is -3.57. The van der Waals surface area contributed by atoms with Crippen LogP contribution in [-0.2, 0) is 17.9 Å². The molecular weight excluding hydrogens is 425 g/mol. The number of furan rings is 1. The third-order valence-electron chi connectivity index (χ3n) is 4.56. The first-order chi connectivity index (χ1) is 15.3. The highest BCUT2D eigenvalue weighted by Gasteiger charge is 2.41. The molecule has 0 atom stereocenters. The first-order valence-corrected chi connectivity index (χ1v) is 9.78. The lowest BCUT2D eigenvalue weighted by Gasteiger charge is -2.22. The molecule has 0 unspecified atom stereocenters. The van der Waals surface area contributed by atoms with Gasteiger partial charge in [-0.25, -0.2) is 0 Å². The molecule has 6 nitrogen and oxygen atoms in total. The Morgan fingerprint density at radius 1 is 1.06 bits per heavy atom. The van der Waals surface area contributed by atoms with Gasteiger partial charge in [0.2, 0.25) is 0 Å². The van der Waals surface area contributed by atoms with Crippen molar-refractivity contribution in [2.75, 3.05) is 11.9 Å². The van der Waals surface area contributed by atoms with E-state index in [1.54, 1.807) is 36.4 Å². The molecule has 1 aromatic heterocycles. The van der Waals surface area contributed by atoms with Gasteiger partial charge >= 0.3 is 12.1 Å². The highest BCUT2D eigenvalue weighted by molar-refractivity contribution is 6.03. The minimum Gasteiger partial charge on any atom is -0.489 e. The predicted octanol–water partition coefficient (Wildman–Crippen LogP) is 5.02. The fourth-order valence-corrected chi connectivity index (χ4v) is 2.99. The summed E-state index contributed by atoms with van der Waals surface area (Å²) in [5.74, 6) is -1.74. The number of para-hydroxylation sites is 1. The van der Waals surface area contributed by atoms with Crippen LogP contribution in [0.25, 0.3) is 0 Å². The summed E-state index contributed by atoms with van der Waals surface area (Å²) in [6.45, 7) is 1.24. The van der Waals surface area contributed by atoms with E-state index in [2.05, 4.69) is 5.32 Å². The number of halogens is 3. The van der Waals surface area contributed by atoms with E-state index in [9.17, 15) is 22.8 Å². The first kappa shape index (κ1) is 22.9. The van der Waals surface area contributed by atoms with E-state index < -0.39 is 18.0 Å². The maximum atomic E-state index is 12.7. The highest BCUT2D eigenvalue weighted by Crippen LogP contribution is 2.22. The van der Waals surface area contributed by atoms with Crippen molar-refractivity contribution in [1.29, 1.82) is 0 Å². The molecule has 0 aliphatic carbocycles. The number of carbonyl (C=O) groups is 2. The van der Waals surface area contributed by atoms with Crippen LogP contribution in [0.15, 0.2) is 71.3 Å². The van der Waals surface area contributed by atoms with Crippen molar-refractivity contribution in [3.05, 3.63) is 83.8 Å². The zero-order chi connectivity index (χ0) is 23.1. The quantitative estimate of drug-likeness (QED) is 0.527. The van der Waals surface area contributed by atoms with E-state index in [4.69, 9.17) is 9.15 Å². The molecule has 0 aliphatic rings.